The maximum Gasteiger partial charge on any atom is 0.279 e. The number of nitrogens with one attached hydrogen (secondary N) is 1. The molecule has 0 aromatic heterocycles. The van der Waals surface area contributed by atoms with E-state index in [4.69, 9.17) is 0 Å². The van der Waals surface area contributed by atoms with Crippen molar-refractivity contribution in [3.05, 3.63) is 11.4 Å². The Morgan fingerprint density at radius 2 is 2.00 bits per heavy atom. The van der Waals surface area contributed by atoms with Crippen molar-refractivity contribution in [2.24, 2.45) is 17.3 Å². The van der Waals surface area contributed by atoms with Crippen LogP contribution < -0.4 is 5.32 Å². The van der Waals surface area contributed by atoms with E-state index < -0.39 is 11.7 Å². The third kappa shape index (κ3) is 4.09. The summed E-state index contributed by atoms with van der Waals surface area (Å²) in [4.78, 5) is 11.6. The molecule has 1 fully saturated rings. The van der Waals surface area contributed by atoms with Crippen molar-refractivity contribution in [2.75, 3.05) is 13.2 Å². The Bertz CT molecular complexity index is 340. The highest BCUT2D eigenvalue weighted by Gasteiger charge is 2.29. The summed E-state index contributed by atoms with van der Waals surface area (Å²) in [5, 5.41) is 11.8. The van der Waals surface area contributed by atoms with E-state index in [2.05, 4.69) is 5.32 Å². The SMILES string of the molecule is CC(=C(F)C(=O)NCC(CO)C(C)(C)C)C1CC1. The first-order chi connectivity index (χ1) is 8.27. The maximum atomic E-state index is 13.7. The van der Waals surface area contributed by atoms with Crippen LogP contribution in [0.25, 0.3) is 0 Å². The van der Waals surface area contributed by atoms with Gasteiger partial charge >= 0.3 is 0 Å². The first-order valence-electron chi connectivity index (χ1n) is 6.52. The zero-order valence-electron chi connectivity index (χ0n) is 11.7. The molecule has 3 nitrogen and oxygen atoms in total. The van der Waals surface area contributed by atoms with E-state index >= 15 is 0 Å². The minimum Gasteiger partial charge on any atom is -0.396 e. The van der Waals surface area contributed by atoms with Crippen LogP contribution in [0.5, 0.6) is 0 Å². The number of halogens is 1. The van der Waals surface area contributed by atoms with Crippen molar-refractivity contribution in [1.82, 2.24) is 5.32 Å². The highest BCUT2D eigenvalue weighted by Crippen LogP contribution is 2.37. The zero-order valence-corrected chi connectivity index (χ0v) is 11.7. The molecule has 1 aliphatic rings. The number of carbonyl (C=O) groups is 1. The van der Waals surface area contributed by atoms with Gasteiger partial charge in [0.05, 0.1) is 0 Å². The molecule has 1 aliphatic carbocycles. The van der Waals surface area contributed by atoms with Crippen LogP contribution in [0.2, 0.25) is 0 Å². The summed E-state index contributed by atoms with van der Waals surface area (Å²) in [6, 6.07) is 0. The van der Waals surface area contributed by atoms with Crippen molar-refractivity contribution in [2.45, 2.75) is 40.5 Å². The van der Waals surface area contributed by atoms with Gasteiger partial charge in [0, 0.05) is 19.1 Å². The topological polar surface area (TPSA) is 49.3 Å². The molecule has 0 aromatic carbocycles. The number of hydrogen-bond donors (Lipinski definition) is 2. The van der Waals surface area contributed by atoms with E-state index in [9.17, 15) is 14.3 Å². The fourth-order valence-electron chi connectivity index (χ4n) is 1.81. The number of allylic oxidation sites excluding steroid dienone is 1. The molecule has 2 N–H and O–H groups in total. The van der Waals surface area contributed by atoms with Crippen LogP contribution in [0.4, 0.5) is 4.39 Å². The Labute approximate surface area is 108 Å². The van der Waals surface area contributed by atoms with Crippen LogP contribution in [0, 0.1) is 17.3 Å². The molecule has 0 radical (unpaired) electrons. The van der Waals surface area contributed by atoms with E-state index in [1.165, 1.54) is 0 Å². The summed E-state index contributed by atoms with van der Waals surface area (Å²) in [5.41, 5.74) is 0.442. The standard InChI is InChI=1S/C14H24FNO2/c1-9(10-5-6-10)12(15)13(18)16-7-11(8-17)14(2,3)4/h10-11,17H,5-8H2,1-4H3,(H,16,18). The summed E-state index contributed by atoms with van der Waals surface area (Å²) in [6.07, 6.45) is 1.96. The molecular formula is C14H24FNO2. The van der Waals surface area contributed by atoms with E-state index in [-0.39, 0.29) is 23.9 Å². The second-order valence-corrected chi connectivity index (χ2v) is 6.23. The fourth-order valence-corrected chi connectivity index (χ4v) is 1.81. The first-order valence-corrected chi connectivity index (χ1v) is 6.52. The summed E-state index contributed by atoms with van der Waals surface area (Å²) < 4.78 is 13.7. The largest absolute Gasteiger partial charge is 0.396 e. The summed E-state index contributed by atoms with van der Waals surface area (Å²) in [6.45, 7) is 7.92. The maximum absolute atomic E-state index is 13.7. The highest BCUT2D eigenvalue weighted by atomic mass is 19.1. The molecule has 1 rings (SSSR count). The van der Waals surface area contributed by atoms with Crippen LogP contribution in [0.3, 0.4) is 0 Å². The molecule has 18 heavy (non-hydrogen) atoms. The van der Waals surface area contributed by atoms with Gasteiger partial charge in [-0.2, -0.15) is 0 Å². The predicted molar refractivity (Wildman–Crippen MR) is 69.6 cm³/mol. The van der Waals surface area contributed by atoms with Gasteiger partial charge in [-0.3, -0.25) is 4.79 Å². The van der Waals surface area contributed by atoms with E-state index in [0.29, 0.717) is 12.1 Å². The zero-order chi connectivity index (χ0) is 13.9. The van der Waals surface area contributed by atoms with Crippen molar-refractivity contribution < 1.29 is 14.3 Å². The summed E-state index contributed by atoms with van der Waals surface area (Å²) in [7, 11) is 0. The quantitative estimate of drug-likeness (QED) is 0.743. The fraction of sp³-hybridized carbons (Fsp3) is 0.786. The molecule has 1 saturated carbocycles. The number of hydrogen-bond acceptors (Lipinski definition) is 2. The Morgan fingerprint density at radius 1 is 1.44 bits per heavy atom. The number of carbonyl (C=O) groups excluding carboxylic acids is 1. The van der Waals surface area contributed by atoms with E-state index in [1.807, 2.05) is 20.8 Å². The average molecular weight is 257 g/mol. The van der Waals surface area contributed by atoms with Crippen LogP contribution in [0.15, 0.2) is 11.4 Å². The lowest BCUT2D eigenvalue weighted by atomic mass is 9.81. The molecule has 1 amide bonds. The predicted octanol–water partition coefficient (Wildman–Crippen LogP) is 2.41. The molecule has 104 valence electrons. The van der Waals surface area contributed by atoms with Crippen molar-refractivity contribution in [3.8, 4) is 0 Å². The molecule has 0 heterocycles. The van der Waals surface area contributed by atoms with E-state index in [0.717, 1.165) is 12.8 Å². The molecule has 0 aliphatic heterocycles. The molecule has 0 spiro atoms. The molecule has 1 unspecified atom stereocenters. The molecule has 1 atom stereocenters. The monoisotopic (exact) mass is 257 g/mol. The second kappa shape index (κ2) is 5.83. The first kappa shape index (κ1) is 15.2. The second-order valence-electron chi connectivity index (χ2n) is 6.23. The van der Waals surface area contributed by atoms with Crippen LogP contribution in [-0.4, -0.2) is 24.2 Å². The van der Waals surface area contributed by atoms with Gasteiger partial charge in [0.25, 0.3) is 5.91 Å². The lowest BCUT2D eigenvalue weighted by Gasteiger charge is -2.29. The Balaban J connectivity index is 2.52. The lowest BCUT2D eigenvalue weighted by molar-refractivity contribution is -0.119. The van der Waals surface area contributed by atoms with Crippen LogP contribution in [0.1, 0.15) is 40.5 Å². The Hall–Kier alpha value is -0.900. The van der Waals surface area contributed by atoms with Gasteiger partial charge in [-0.1, -0.05) is 20.8 Å². The number of aliphatic hydroxyl groups excluding tert-OH is 1. The number of aliphatic hydroxyl groups is 1. The normalized spacial score (nSPS) is 19.2. The summed E-state index contributed by atoms with van der Waals surface area (Å²) in [5.74, 6) is -1.12. The third-order valence-electron chi connectivity index (χ3n) is 3.69. The highest BCUT2D eigenvalue weighted by molar-refractivity contribution is 5.92. The molecular weight excluding hydrogens is 233 g/mol. The van der Waals surface area contributed by atoms with Crippen LogP contribution in [-0.2, 0) is 4.79 Å². The smallest absolute Gasteiger partial charge is 0.279 e. The van der Waals surface area contributed by atoms with Gasteiger partial charge in [0.1, 0.15) is 0 Å². The van der Waals surface area contributed by atoms with Gasteiger partial charge in [-0.25, -0.2) is 4.39 Å². The molecule has 0 aromatic rings. The van der Waals surface area contributed by atoms with Crippen molar-refractivity contribution in [3.63, 3.8) is 0 Å². The van der Waals surface area contributed by atoms with Gasteiger partial charge in [0.15, 0.2) is 5.83 Å². The number of amides is 1. The minimum absolute atomic E-state index is 0.0171. The lowest BCUT2D eigenvalue weighted by Crippen LogP contribution is -2.37. The molecule has 4 heteroatoms. The summed E-state index contributed by atoms with van der Waals surface area (Å²) >= 11 is 0. The van der Waals surface area contributed by atoms with Gasteiger partial charge in [0.2, 0.25) is 0 Å². The van der Waals surface area contributed by atoms with Gasteiger partial charge in [-0.05, 0) is 36.7 Å². The van der Waals surface area contributed by atoms with Gasteiger partial charge in [-0.15, -0.1) is 0 Å². The Kier molecular flexibility index (Phi) is 4.91. The molecule has 0 bridgehead atoms. The van der Waals surface area contributed by atoms with E-state index in [1.54, 1.807) is 6.92 Å². The third-order valence-corrected chi connectivity index (χ3v) is 3.69. The Morgan fingerprint density at radius 3 is 2.39 bits per heavy atom. The van der Waals surface area contributed by atoms with Crippen molar-refractivity contribution >= 4 is 5.91 Å². The average Bonchev–Trinajstić information content (AvgIpc) is 3.09. The number of rotatable bonds is 5. The minimum atomic E-state index is -0.651. The van der Waals surface area contributed by atoms with Crippen LogP contribution >= 0.6 is 0 Å². The van der Waals surface area contributed by atoms with Gasteiger partial charge < -0.3 is 10.4 Å². The van der Waals surface area contributed by atoms with Crippen molar-refractivity contribution in [1.29, 1.82) is 0 Å². The molecule has 0 saturated heterocycles.